The highest BCUT2D eigenvalue weighted by Crippen LogP contribution is 2.34. The number of nitrogens with zero attached hydrogens (tertiary/aromatic N) is 2. The normalized spacial score (nSPS) is 15.9. The Labute approximate surface area is 181 Å². The van der Waals surface area contributed by atoms with Crippen molar-refractivity contribution in [2.75, 3.05) is 13.1 Å². The van der Waals surface area contributed by atoms with Crippen LogP contribution >= 0.6 is 15.9 Å². The molecule has 0 bridgehead atoms. The highest BCUT2D eigenvalue weighted by atomic mass is 79.9. The molecule has 1 fully saturated rings. The van der Waals surface area contributed by atoms with Gasteiger partial charge in [-0.2, -0.15) is 0 Å². The largest absolute Gasteiger partial charge is 0.473 e. The number of aliphatic hydroxyl groups is 1. The minimum atomic E-state index is -1.82. The number of H-pyrrole nitrogens is 1. The number of likely N-dealkylation sites (tertiary alicyclic amines) is 1. The molecular weight excluding hydrogens is 454 g/mol. The van der Waals surface area contributed by atoms with Gasteiger partial charge in [0.15, 0.2) is 0 Å². The molecule has 0 aliphatic carbocycles. The van der Waals surface area contributed by atoms with Crippen molar-refractivity contribution in [3.63, 3.8) is 0 Å². The summed E-state index contributed by atoms with van der Waals surface area (Å²) in [7, 11) is 0. The molecule has 0 amide bonds. The Morgan fingerprint density at radius 3 is 2.33 bits per heavy atom. The monoisotopic (exact) mass is 475 g/mol. The predicted molar refractivity (Wildman–Crippen MR) is 114 cm³/mol. The fourth-order valence-corrected chi connectivity index (χ4v) is 3.78. The predicted octanol–water partition coefficient (Wildman–Crippen LogP) is 2.96. The number of nitrogens with one attached hydrogen (secondary N) is 1. The molecule has 1 saturated heterocycles. The molecule has 9 heteroatoms. The molecule has 3 aromatic rings. The average molecular weight is 476 g/mol. The van der Waals surface area contributed by atoms with Gasteiger partial charge in [-0.25, -0.2) is 14.6 Å². The second kappa shape index (κ2) is 9.38. The van der Waals surface area contributed by atoms with E-state index in [1.165, 1.54) is 10.9 Å². The lowest BCUT2D eigenvalue weighted by Crippen LogP contribution is -2.42. The first-order valence-corrected chi connectivity index (χ1v) is 10.2. The first kappa shape index (κ1) is 21.9. The van der Waals surface area contributed by atoms with Crippen LogP contribution in [0.2, 0.25) is 0 Å². The minimum Gasteiger partial charge on any atom is -0.473 e. The van der Waals surface area contributed by atoms with E-state index in [4.69, 9.17) is 19.8 Å². The van der Waals surface area contributed by atoms with Gasteiger partial charge in [-0.05, 0) is 48.2 Å². The van der Waals surface area contributed by atoms with Crippen molar-refractivity contribution in [2.45, 2.75) is 25.0 Å². The second-order valence-corrected chi connectivity index (χ2v) is 8.05. The standard InChI is InChI=1S/C19H20BrN3O.C2H2O4/c20-16-5-3-15(4-6-16)19(24)7-10-23(11-8-19)13-14-12-22-18-17(14)2-1-9-21-18;3-1(4)2(5)6/h1-6,9,12,24H,7-8,10-11,13H2,(H,21,22);(H,3,4)(H,5,6). The Hall–Kier alpha value is -2.75. The molecule has 30 heavy (non-hydrogen) atoms. The summed E-state index contributed by atoms with van der Waals surface area (Å²) in [5, 5.41) is 27.0. The first-order valence-electron chi connectivity index (χ1n) is 9.36. The van der Waals surface area contributed by atoms with Crippen LogP contribution < -0.4 is 0 Å². The van der Waals surface area contributed by atoms with E-state index in [1.54, 1.807) is 0 Å². The van der Waals surface area contributed by atoms with Gasteiger partial charge < -0.3 is 20.3 Å². The molecule has 0 radical (unpaired) electrons. The van der Waals surface area contributed by atoms with Crippen molar-refractivity contribution in [3.05, 3.63) is 64.4 Å². The topological polar surface area (TPSA) is 127 Å². The van der Waals surface area contributed by atoms with Gasteiger partial charge in [-0.1, -0.05) is 28.1 Å². The summed E-state index contributed by atoms with van der Waals surface area (Å²) < 4.78 is 1.04. The molecule has 158 valence electrons. The van der Waals surface area contributed by atoms with Crippen LogP contribution in [0.5, 0.6) is 0 Å². The molecule has 4 rings (SSSR count). The Balaban J connectivity index is 0.000000377. The van der Waals surface area contributed by atoms with Crippen molar-refractivity contribution in [1.29, 1.82) is 0 Å². The summed E-state index contributed by atoms with van der Waals surface area (Å²) >= 11 is 3.45. The van der Waals surface area contributed by atoms with Crippen LogP contribution in [0.15, 0.2) is 53.3 Å². The zero-order valence-corrected chi connectivity index (χ0v) is 17.7. The van der Waals surface area contributed by atoms with Crippen molar-refractivity contribution in [3.8, 4) is 0 Å². The fraction of sp³-hybridized carbons (Fsp3) is 0.286. The maximum atomic E-state index is 11.0. The van der Waals surface area contributed by atoms with Crippen molar-refractivity contribution in [2.24, 2.45) is 0 Å². The van der Waals surface area contributed by atoms with E-state index in [1.807, 2.05) is 42.7 Å². The lowest BCUT2D eigenvalue weighted by Gasteiger charge is -2.38. The Kier molecular flexibility index (Phi) is 6.86. The third-order valence-electron chi connectivity index (χ3n) is 5.18. The number of pyridine rings is 1. The quantitative estimate of drug-likeness (QED) is 0.428. The SMILES string of the molecule is O=C(O)C(=O)O.OC1(c2ccc(Br)cc2)CCN(Cc2c[nH]c3ncccc23)CC1. The van der Waals surface area contributed by atoms with Crippen LogP contribution in [0.25, 0.3) is 11.0 Å². The van der Waals surface area contributed by atoms with Gasteiger partial charge in [0.2, 0.25) is 0 Å². The third kappa shape index (κ3) is 5.24. The van der Waals surface area contributed by atoms with E-state index in [9.17, 15) is 5.11 Å². The Morgan fingerprint density at radius 1 is 1.10 bits per heavy atom. The van der Waals surface area contributed by atoms with Crippen LogP contribution in [0.1, 0.15) is 24.0 Å². The van der Waals surface area contributed by atoms with Crippen LogP contribution in [-0.4, -0.2) is 55.2 Å². The summed E-state index contributed by atoms with van der Waals surface area (Å²) in [6.07, 6.45) is 5.37. The number of carboxylic acid groups (broad SMARTS) is 2. The average Bonchev–Trinajstić information content (AvgIpc) is 3.14. The molecule has 8 nitrogen and oxygen atoms in total. The van der Waals surface area contributed by atoms with Crippen LogP contribution in [0, 0.1) is 0 Å². The number of carboxylic acids is 2. The number of rotatable bonds is 3. The second-order valence-electron chi connectivity index (χ2n) is 7.14. The number of fused-ring (bicyclic) bond motifs is 1. The molecule has 1 aromatic carbocycles. The van der Waals surface area contributed by atoms with E-state index in [0.29, 0.717) is 0 Å². The number of carbonyl (C=O) groups is 2. The summed E-state index contributed by atoms with van der Waals surface area (Å²) in [6.45, 7) is 2.67. The molecule has 0 saturated carbocycles. The molecule has 4 N–H and O–H groups in total. The van der Waals surface area contributed by atoms with Crippen LogP contribution in [0.3, 0.4) is 0 Å². The minimum absolute atomic E-state index is 0.709. The van der Waals surface area contributed by atoms with E-state index < -0.39 is 17.5 Å². The van der Waals surface area contributed by atoms with E-state index in [2.05, 4.69) is 36.9 Å². The van der Waals surface area contributed by atoms with E-state index >= 15 is 0 Å². The van der Waals surface area contributed by atoms with Crippen LogP contribution in [0.4, 0.5) is 0 Å². The Bertz CT molecular complexity index is 1010. The van der Waals surface area contributed by atoms with Gasteiger partial charge >= 0.3 is 11.9 Å². The first-order chi connectivity index (χ1) is 14.3. The fourth-order valence-electron chi connectivity index (χ4n) is 3.51. The van der Waals surface area contributed by atoms with Gasteiger partial charge in [-0.15, -0.1) is 0 Å². The summed E-state index contributed by atoms with van der Waals surface area (Å²) in [5.74, 6) is -3.65. The van der Waals surface area contributed by atoms with Gasteiger partial charge in [0, 0.05) is 41.9 Å². The summed E-state index contributed by atoms with van der Waals surface area (Å²) in [6, 6.07) is 12.1. The molecule has 2 aromatic heterocycles. The zero-order valence-electron chi connectivity index (χ0n) is 16.1. The lowest BCUT2D eigenvalue weighted by molar-refractivity contribution is -0.159. The maximum absolute atomic E-state index is 11.0. The summed E-state index contributed by atoms with van der Waals surface area (Å²) in [5.41, 5.74) is 2.52. The zero-order chi connectivity index (χ0) is 21.7. The highest BCUT2D eigenvalue weighted by Gasteiger charge is 2.34. The molecule has 0 unspecified atom stereocenters. The van der Waals surface area contributed by atoms with Crippen molar-refractivity contribution in [1.82, 2.24) is 14.9 Å². The van der Waals surface area contributed by atoms with Gasteiger partial charge in [0.1, 0.15) is 5.65 Å². The highest BCUT2D eigenvalue weighted by molar-refractivity contribution is 9.10. The Morgan fingerprint density at radius 2 is 1.73 bits per heavy atom. The van der Waals surface area contributed by atoms with Crippen molar-refractivity contribution < 1.29 is 24.9 Å². The smallest absolute Gasteiger partial charge is 0.414 e. The van der Waals surface area contributed by atoms with Gasteiger partial charge in [0.25, 0.3) is 0 Å². The van der Waals surface area contributed by atoms with E-state index in [0.717, 1.165) is 48.2 Å². The maximum Gasteiger partial charge on any atom is 0.414 e. The van der Waals surface area contributed by atoms with Crippen molar-refractivity contribution >= 4 is 38.9 Å². The third-order valence-corrected chi connectivity index (χ3v) is 5.71. The number of benzene rings is 1. The number of hydrogen-bond acceptors (Lipinski definition) is 5. The molecule has 1 aliphatic heterocycles. The number of aromatic amines is 1. The van der Waals surface area contributed by atoms with Gasteiger partial charge in [0.05, 0.1) is 5.60 Å². The number of halogens is 1. The molecule has 0 spiro atoms. The van der Waals surface area contributed by atoms with Gasteiger partial charge in [-0.3, -0.25) is 4.90 Å². The molecular formula is C21H22BrN3O5. The molecule has 1 aliphatic rings. The number of hydrogen-bond donors (Lipinski definition) is 4. The number of piperidine rings is 1. The number of aromatic nitrogens is 2. The van der Waals surface area contributed by atoms with E-state index in [-0.39, 0.29) is 0 Å². The summed E-state index contributed by atoms with van der Waals surface area (Å²) in [4.78, 5) is 28.2. The molecule has 0 atom stereocenters. The number of aliphatic carboxylic acids is 2. The molecule has 3 heterocycles. The van der Waals surface area contributed by atoms with Crippen LogP contribution in [-0.2, 0) is 21.7 Å². The lowest BCUT2D eigenvalue weighted by atomic mass is 9.84.